The van der Waals surface area contributed by atoms with Crippen LogP contribution >= 0.6 is 11.9 Å². The van der Waals surface area contributed by atoms with Crippen LogP contribution in [0.3, 0.4) is 0 Å². The molecule has 2 rings (SSSR count). The van der Waals surface area contributed by atoms with Crippen molar-refractivity contribution < 1.29 is 14.6 Å². The van der Waals surface area contributed by atoms with E-state index < -0.39 is 0 Å². The molecule has 0 aromatic heterocycles. The van der Waals surface area contributed by atoms with Crippen LogP contribution in [0.15, 0.2) is 24.3 Å². The van der Waals surface area contributed by atoms with Gasteiger partial charge in [0, 0.05) is 25.4 Å². The molecule has 24 heavy (non-hydrogen) atoms. The van der Waals surface area contributed by atoms with Gasteiger partial charge in [-0.3, -0.25) is 0 Å². The Morgan fingerprint density at radius 3 is 2.75 bits per heavy atom. The first-order valence-corrected chi connectivity index (χ1v) is 9.94. The Bertz CT molecular complexity index is 481. The molecule has 3 unspecified atom stereocenters. The molecule has 0 amide bonds. The molecule has 136 valence electrons. The summed E-state index contributed by atoms with van der Waals surface area (Å²) in [6.45, 7) is 5.58. The summed E-state index contributed by atoms with van der Waals surface area (Å²) in [5.74, 6) is 1.82. The normalized spacial score (nSPS) is 20.9. The molecular weight excluding hydrogens is 322 g/mol. The van der Waals surface area contributed by atoms with Gasteiger partial charge in [-0.05, 0) is 43.4 Å². The van der Waals surface area contributed by atoms with Gasteiger partial charge >= 0.3 is 0 Å². The molecule has 5 heteroatoms. The highest BCUT2D eigenvalue weighted by Crippen LogP contribution is 2.29. The second-order valence-electron chi connectivity index (χ2n) is 6.29. The number of benzene rings is 1. The molecule has 0 spiro atoms. The number of aliphatic hydroxyl groups is 1. The van der Waals surface area contributed by atoms with E-state index in [-0.39, 0.29) is 18.8 Å². The third-order valence-corrected chi connectivity index (χ3v) is 5.91. The van der Waals surface area contributed by atoms with Crippen LogP contribution in [0.25, 0.3) is 0 Å². The van der Waals surface area contributed by atoms with Gasteiger partial charge in [-0.25, -0.2) is 4.31 Å². The first kappa shape index (κ1) is 19.6. The third kappa shape index (κ3) is 5.38. The van der Waals surface area contributed by atoms with Gasteiger partial charge < -0.3 is 14.6 Å². The Labute approximate surface area is 150 Å². The van der Waals surface area contributed by atoms with Crippen molar-refractivity contribution in [1.82, 2.24) is 4.31 Å². The van der Waals surface area contributed by atoms with Crippen LogP contribution in [0, 0.1) is 0 Å². The van der Waals surface area contributed by atoms with Crippen molar-refractivity contribution in [3.8, 4) is 5.75 Å². The van der Waals surface area contributed by atoms with Crippen molar-refractivity contribution in [2.24, 2.45) is 0 Å². The maximum atomic E-state index is 9.42. The van der Waals surface area contributed by atoms with E-state index in [9.17, 15) is 5.11 Å². The van der Waals surface area contributed by atoms with Crippen LogP contribution in [0.5, 0.6) is 5.75 Å². The molecule has 1 saturated heterocycles. The summed E-state index contributed by atoms with van der Waals surface area (Å²) in [4.78, 5) is 0. The summed E-state index contributed by atoms with van der Waals surface area (Å²) in [5.41, 5.74) is 1.25. The molecular formula is C19H31NO3S. The molecule has 0 aliphatic carbocycles. The van der Waals surface area contributed by atoms with Crippen molar-refractivity contribution in [3.05, 3.63) is 29.8 Å². The predicted molar refractivity (Wildman–Crippen MR) is 100 cm³/mol. The van der Waals surface area contributed by atoms with Crippen molar-refractivity contribution in [3.63, 3.8) is 0 Å². The summed E-state index contributed by atoms with van der Waals surface area (Å²) in [5, 5.41) is 9.42. The van der Waals surface area contributed by atoms with Crippen molar-refractivity contribution in [2.75, 3.05) is 20.3 Å². The SMILES string of the molecule is CCC(OC)C(CC)Oc1cccc(CSN2CCCC2CO)c1. The maximum absolute atomic E-state index is 9.42. The number of ether oxygens (including phenoxy) is 2. The average molecular weight is 354 g/mol. The van der Waals surface area contributed by atoms with E-state index in [1.165, 1.54) is 12.0 Å². The van der Waals surface area contributed by atoms with E-state index in [4.69, 9.17) is 9.47 Å². The van der Waals surface area contributed by atoms with E-state index in [0.717, 1.165) is 37.3 Å². The van der Waals surface area contributed by atoms with Gasteiger partial charge in [-0.2, -0.15) is 0 Å². The summed E-state index contributed by atoms with van der Waals surface area (Å²) < 4.78 is 14.0. The van der Waals surface area contributed by atoms with Gasteiger partial charge in [0.25, 0.3) is 0 Å². The third-order valence-electron chi connectivity index (χ3n) is 4.64. The maximum Gasteiger partial charge on any atom is 0.124 e. The van der Waals surface area contributed by atoms with E-state index in [2.05, 4.69) is 36.4 Å². The summed E-state index contributed by atoms with van der Waals surface area (Å²) in [7, 11) is 1.75. The molecule has 0 saturated carbocycles. The van der Waals surface area contributed by atoms with Gasteiger partial charge in [0.05, 0.1) is 12.7 Å². The lowest BCUT2D eigenvalue weighted by atomic mass is 10.1. The highest BCUT2D eigenvalue weighted by atomic mass is 32.2. The average Bonchev–Trinajstić information content (AvgIpc) is 3.08. The summed E-state index contributed by atoms with van der Waals surface area (Å²) in [6, 6.07) is 8.65. The number of rotatable bonds is 10. The molecule has 1 fully saturated rings. The summed E-state index contributed by atoms with van der Waals surface area (Å²) >= 11 is 1.81. The first-order chi connectivity index (χ1) is 11.7. The van der Waals surface area contributed by atoms with Crippen molar-refractivity contribution in [2.45, 2.75) is 63.5 Å². The molecule has 0 bridgehead atoms. The Kier molecular flexibility index (Phi) is 8.39. The number of hydrogen-bond acceptors (Lipinski definition) is 5. The van der Waals surface area contributed by atoms with E-state index >= 15 is 0 Å². The predicted octanol–water partition coefficient (Wildman–Crippen LogP) is 3.87. The van der Waals surface area contributed by atoms with Gasteiger partial charge in [0.2, 0.25) is 0 Å². The standard InChI is InChI=1S/C19H31NO3S/c1-4-18(22-3)19(5-2)23-17-10-6-8-15(12-17)14-24-20-11-7-9-16(20)13-21/h6,8,10,12,16,18-19,21H,4-5,7,9,11,13-14H2,1-3H3. The van der Waals surface area contributed by atoms with E-state index in [0.29, 0.717) is 6.04 Å². The van der Waals surface area contributed by atoms with Crippen LogP contribution < -0.4 is 4.74 Å². The van der Waals surface area contributed by atoms with Gasteiger partial charge in [-0.1, -0.05) is 37.9 Å². The number of hydrogen-bond donors (Lipinski definition) is 1. The first-order valence-electron chi connectivity index (χ1n) is 9.00. The van der Waals surface area contributed by atoms with E-state index in [1.54, 1.807) is 7.11 Å². The molecule has 3 atom stereocenters. The Morgan fingerprint density at radius 2 is 2.08 bits per heavy atom. The second-order valence-corrected chi connectivity index (χ2v) is 7.30. The van der Waals surface area contributed by atoms with Crippen LogP contribution in [0.2, 0.25) is 0 Å². The highest BCUT2D eigenvalue weighted by molar-refractivity contribution is 7.96. The zero-order chi connectivity index (χ0) is 17.4. The minimum Gasteiger partial charge on any atom is -0.488 e. The zero-order valence-corrected chi connectivity index (χ0v) is 15.9. The highest BCUT2D eigenvalue weighted by Gasteiger charge is 2.24. The monoisotopic (exact) mass is 353 g/mol. The molecule has 1 aliphatic heterocycles. The molecule has 1 aromatic rings. The molecule has 1 N–H and O–H groups in total. The fraction of sp³-hybridized carbons (Fsp3) is 0.684. The lowest BCUT2D eigenvalue weighted by molar-refractivity contribution is -0.00154. The minimum absolute atomic E-state index is 0.0836. The van der Waals surface area contributed by atoms with Gasteiger partial charge in [-0.15, -0.1) is 0 Å². The van der Waals surface area contributed by atoms with E-state index in [1.807, 2.05) is 18.0 Å². The molecule has 0 radical (unpaired) electrons. The van der Waals surface area contributed by atoms with Crippen molar-refractivity contribution in [1.29, 1.82) is 0 Å². The smallest absolute Gasteiger partial charge is 0.124 e. The number of methoxy groups -OCH3 is 1. The lowest BCUT2D eigenvalue weighted by Crippen LogP contribution is -2.32. The molecule has 1 heterocycles. The van der Waals surface area contributed by atoms with Crippen LogP contribution in [-0.4, -0.2) is 47.9 Å². The topological polar surface area (TPSA) is 41.9 Å². The molecule has 1 aliphatic rings. The van der Waals surface area contributed by atoms with Crippen LogP contribution in [0.4, 0.5) is 0 Å². The number of nitrogens with zero attached hydrogens (tertiary/aromatic N) is 1. The van der Waals surface area contributed by atoms with Crippen molar-refractivity contribution >= 4 is 11.9 Å². The Hall–Kier alpha value is -0.750. The fourth-order valence-electron chi connectivity index (χ4n) is 3.21. The molecule has 4 nitrogen and oxygen atoms in total. The largest absolute Gasteiger partial charge is 0.488 e. The minimum atomic E-state index is 0.0836. The lowest BCUT2D eigenvalue weighted by Gasteiger charge is -2.25. The van der Waals surface area contributed by atoms with Crippen LogP contribution in [-0.2, 0) is 10.5 Å². The quantitative estimate of drug-likeness (QED) is 0.647. The number of aliphatic hydroxyl groups excluding tert-OH is 1. The summed E-state index contributed by atoms with van der Waals surface area (Å²) in [6.07, 6.45) is 4.36. The Balaban J connectivity index is 1.93. The van der Waals surface area contributed by atoms with Gasteiger partial charge in [0.1, 0.15) is 11.9 Å². The van der Waals surface area contributed by atoms with Crippen LogP contribution in [0.1, 0.15) is 45.1 Å². The fourth-order valence-corrected chi connectivity index (χ4v) is 4.34. The molecule has 1 aromatic carbocycles. The Morgan fingerprint density at radius 1 is 1.29 bits per heavy atom. The second kappa shape index (κ2) is 10.3. The zero-order valence-electron chi connectivity index (χ0n) is 15.1. The van der Waals surface area contributed by atoms with Gasteiger partial charge in [0.15, 0.2) is 0 Å².